The smallest absolute Gasteiger partial charge is 0.261 e. The Labute approximate surface area is 160 Å². The summed E-state index contributed by atoms with van der Waals surface area (Å²) >= 11 is 0. The predicted octanol–water partition coefficient (Wildman–Crippen LogP) is 4.08. The molecular weight excluding hydrogens is 340 g/mol. The fourth-order valence-electron chi connectivity index (χ4n) is 2.69. The van der Waals surface area contributed by atoms with Gasteiger partial charge in [0.25, 0.3) is 5.91 Å². The second kappa shape index (κ2) is 11.0. The van der Waals surface area contributed by atoms with Crippen molar-refractivity contribution in [1.82, 2.24) is 5.32 Å². The van der Waals surface area contributed by atoms with Crippen LogP contribution >= 0.6 is 0 Å². The number of nitriles is 1. The monoisotopic (exact) mass is 366 g/mol. The molecule has 0 fully saturated rings. The van der Waals surface area contributed by atoms with Crippen molar-refractivity contribution < 1.29 is 14.3 Å². The van der Waals surface area contributed by atoms with Crippen molar-refractivity contribution in [2.75, 3.05) is 26.9 Å². The van der Waals surface area contributed by atoms with E-state index in [0.29, 0.717) is 26.2 Å². The third-order valence-corrected chi connectivity index (χ3v) is 4.15. The molecule has 0 aliphatic carbocycles. The molecule has 0 aliphatic heterocycles. The molecule has 0 saturated carbocycles. The standard InChI is InChI=1S/C22H26N2O3/c1-3-4-14-27-21-11-10-17(19-8-5-6-9-20(19)21)15-18(16-23)22(25)24-12-7-13-26-2/h5-6,8-11,15H,3-4,7,12-14H2,1-2H3,(H,24,25)/b18-15+. The fourth-order valence-corrected chi connectivity index (χ4v) is 2.69. The minimum atomic E-state index is -0.374. The van der Waals surface area contributed by atoms with E-state index < -0.39 is 0 Å². The molecule has 0 radical (unpaired) electrons. The number of ether oxygens (including phenoxy) is 2. The van der Waals surface area contributed by atoms with Crippen molar-refractivity contribution in [2.45, 2.75) is 26.2 Å². The third-order valence-electron chi connectivity index (χ3n) is 4.15. The number of nitrogens with zero attached hydrogens (tertiary/aromatic N) is 1. The molecule has 0 aliphatic rings. The van der Waals surface area contributed by atoms with Gasteiger partial charge in [-0.2, -0.15) is 5.26 Å². The molecular formula is C22H26N2O3. The molecule has 5 nitrogen and oxygen atoms in total. The molecule has 0 bridgehead atoms. The van der Waals surface area contributed by atoms with Crippen molar-refractivity contribution in [3.05, 3.63) is 47.5 Å². The minimum Gasteiger partial charge on any atom is -0.493 e. The second-order valence-corrected chi connectivity index (χ2v) is 6.17. The fraction of sp³-hybridized carbons (Fsp3) is 0.364. The molecule has 2 aromatic rings. The zero-order valence-electron chi connectivity index (χ0n) is 16.0. The van der Waals surface area contributed by atoms with Crippen LogP contribution in [0, 0.1) is 11.3 Å². The Balaban J connectivity index is 2.26. The van der Waals surface area contributed by atoms with Crippen LogP contribution in [0.2, 0.25) is 0 Å². The van der Waals surface area contributed by atoms with Crippen LogP contribution in [0.5, 0.6) is 5.75 Å². The third kappa shape index (κ3) is 5.83. The van der Waals surface area contributed by atoms with Crippen molar-refractivity contribution in [3.63, 3.8) is 0 Å². The summed E-state index contributed by atoms with van der Waals surface area (Å²) in [4.78, 5) is 12.3. The normalized spacial score (nSPS) is 11.2. The van der Waals surface area contributed by atoms with Gasteiger partial charge in [0.2, 0.25) is 0 Å². The number of rotatable bonds is 10. The Morgan fingerprint density at radius 1 is 1.15 bits per heavy atom. The van der Waals surface area contributed by atoms with Gasteiger partial charge in [0.1, 0.15) is 17.4 Å². The SMILES string of the molecule is CCCCOc1ccc(/C=C(\C#N)C(=O)NCCCOC)c2ccccc12. The van der Waals surface area contributed by atoms with E-state index in [1.54, 1.807) is 13.2 Å². The van der Waals surface area contributed by atoms with Crippen LogP contribution in [0.25, 0.3) is 16.8 Å². The Bertz CT molecular complexity index is 837. The zero-order valence-corrected chi connectivity index (χ0v) is 16.0. The number of unbranched alkanes of at least 4 members (excludes halogenated alkanes) is 1. The molecule has 1 amide bonds. The molecule has 27 heavy (non-hydrogen) atoms. The maximum absolute atomic E-state index is 12.3. The maximum Gasteiger partial charge on any atom is 0.261 e. The van der Waals surface area contributed by atoms with Crippen LogP contribution in [0.3, 0.4) is 0 Å². The average molecular weight is 366 g/mol. The Kier molecular flexibility index (Phi) is 8.34. The van der Waals surface area contributed by atoms with Gasteiger partial charge in [-0.05, 0) is 35.9 Å². The van der Waals surface area contributed by atoms with E-state index in [4.69, 9.17) is 9.47 Å². The average Bonchev–Trinajstić information content (AvgIpc) is 2.70. The second-order valence-electron chi connectivity index (χ2n) is 6.17. The summed E-state index contributed by atoms with van der Waals surface area (Å²) < 4.78 is 10.9. The first kappa shape index (κ1) is 20.5. The number of methoxy groups -OCH3 is 1. The molecule has 1 N–H and O–H groups in total. The number of amides is 1. The van der Waals surface area contributed by atoms with Gasteiger partial charge in [-0.15, -0.1) is 0 Å². The first-order valence-electron chi connectivity index (χ1n) is 9.24. The van der Waals surface area contributed by atoms with E-state index in [1.165, 1.54) is 0 Å². The van der Waals surface area contributed by atoms with E-state index in [2.05, 4.69) is 12.2 Å². The lowest BCUT2D eigenvalue weighted by Gasteiger charge is -2.11. The highest BCUT2D eigenvalue weighted by Gasteiger charge is 2.11. The molecule has 0 aromatic heterocycles. The number of fused-ring (bicyclic) bond motifs is 1. The molecule has 0 saturated heterocycles. The number of carbonyl (C=O) groups is 1. The summed E-state index contributed by atoms with van der Waals surface area (Å²) in [6.07, 6.45) is 4.40. The van der Waals surface area contributed by atoms with Crippen molar-refractivity contribution in [2.24, 2.45) is 0 Å². The lowest BCUT2D eigenvalue weighted by Crippen LogP contribution is -2.26. The van der Waals surface area contributed by atoms with E-state index in [-0.39, 0.29) is 11.5 Å². The summed E-state index contributed by atoms with van der Waals surface area (Å²) in [5.74, 6) is 0.444. The van der Waals surface area contributed by atoms with Crippen molar-refractivity contribution >= 4 is 22.8 Å². The van der Waals surface area contributed by atoms with Gasteiger partial charge in [0.05, 0.1) is 6.61 Å². The largest absolute Gasteiger partial charge is 0.493 e. The van der Waals surface area contributed by atoms with E-state index in [0.717, 1.165) is 34.9 Å². The molecule has 0 spiro atoms. The maximum atomic E-state index is 12.3. The van der Waals surface area contributed by atoms with Crippen LogP contribution in [-0.2, 0) is 9.53 Å². The molecule has 2 rings (SSSR count). The number of carbonyl (C=O) groups excluding carboxylic acids is 1. The van der Waals surface area contributed by atoms with Gasteiger partial charge in [-0.3, -0.25) is 4.79 Å². The lowest BCUT2D eigenvalue weighted by molar-refractivity contribution is -0.117. The van der Waals surface area contributed by atoms with Gasteiger partial charge in [0.15, 0.2) is 0 Å². The van der Waals surface area contributed by atoms with Crippen molar-refractivity contribution in [1.29, 1.82) is 5.26 Å². The first-order valence-corrected chi connectivity index (χ1v) is 9.24. The topological polar surface area (TPSA) is 71.3 Å². The zero-order chi connectivity index (χ0) is 19.5. The highest BCUT2D eigenvalue weighted by molar-refractivity contribution is 6.04. The number of hydrogen-bond acceptors (Lipinski definition) is 4. The van der Waals surface area contributed by atoms with Crippen molar-refractivity contribution in [3.8, 4) is 11.8 Å². The van der Waals surface area contributed by atoms with Crippen LogP contribution in [0.1, 0.15) is 31.7 Å². The van der Waals surface area contributed by atoms with Crippen LogP contribution in [0.4, 0.5) is 0 Å². The molecule has 142 valence electrons. The Morgan fingerprint density at radius 3 is 2.63 bits per heavy atom. The highest BCUT2D eigenvalue weighted by Crippen LogP contribution is 2.30. The Morgan fingerprint density at radius 2 is 1.93 bits per heavy atom. The van der Waals surface area contributed by atoms with Gasteiger partial charge < -0.3 is 14.8 Å². The van der Waals surface area contributed by atoms with Gasteiger partial charge in [-0.1, -0.05) is 43.7 Å². The minimum absolute atomic E-state index is 0.0808. The first-order chi connectivity index (χ1) is 13.2. The quantitative estimate of drug-likeness (QED) is 0.391. The summed E-state index contributed by atoms with van der Waals surface area (Å²) in [6, 6.07) is 13.6. The van der Waals surface area contributed by atoms with Gasteiger partial charge >= 0.3 is 0 Å². The summed E-state index contributed by atoms with van der Waals surface area (Å²) in [6.45, 7) is 3.83. The van der Waals surface area contributed by atoms with E-state index in [1.807, 2.05) is 42.5 Å². The number of hydrogen-bond donors (Lipinski definition) is 1. The molecule has 2 aromatic carbocycles. The molecule has 0 unspecified atom stereocenters. The Hall–Kier alpha value is -2.84. The van der Waals surface area contributed by atoms with Gasteiger partial charge in [-0.25, -0.2) is 0 Å². The molecule has 5 heteroatoms. The van der Waals surface area contributed by atoms with Gasteiger partial charge in [0, 0.05) is 25.6 Å². The summed E-state index contributed by atoms with van der Waals surface area (Å²) in [5, 5.41) is 14.1. The highest BCUT2D eigenvalue weighted by atomic mass is 16.5. The molecule has 0 atom stereocenters. The van der Waals surface area contributed by atoms with Crippen LogP contribution in [-0.4, -0.2) is 32.8 Å². The van der Waals surface area contributed by atoms with E-state index in [9.17, 15) is 10.1 Å². The lowest BCUT2D eigenvalue weighted by atomic mass is 10.0. The summed E-state index contributed by atoms with van der Waals surface area (Å²) in [5.41, 5.74) is 0.897. The van der Waals surface area contributed by atoms with Crippen LogP contribution < -0.4 is 10.1 Å². The van der Waals surface area contributed by atoms with E-state index >= 15 is 0 Å². The van der Waals surface area contributed by atoms with Crippen LogP contribution in [0.15, 0.2) is 42.0 Å². The summed E-state index contributed by atoms with van der Waals surface area (Å²) in [7, 11) is 1.61. The number of benzene rings is 2. The number of nitrogens with one attached hydrogen (secondary N) is 1. The predicted molar refractivity (Wildman–Crippen MR) is 107 cm³/mol. The molecule has 0 heterocycles.